The molecule has 0 aromatic carbocycles. The van der Waals surface area contributed by atoms with Crippen LogP contribution in [0.15, 0.2) is 15.4 Å². The van der Waals surface area contributed by atoms with Crippen molar-refractivity contribution in [3.05, 3.63) is 22.2 Å². The van der Waals surface area contributed by atoms with Crippen molar-refractivity contribution in [1.29, 1.82) is 0 Å². The molecule has 0 fully saturated rings. The Labute approximate surface area is 95.8 Å². The van der Waals surface area contributed by atoms with Crippen molar-refractivity contribution < 1.29 is 21.6 Å². The van der Waals surface area contributed by atoms with Crippen LogP contribution in [-0.2, 0) is 9.05 Å². The van der Waals surface area contributed by atoms with Crippen molar-refractivity contribution in [1.82, 2.24) is 4.98 Å². The SMILES string of the molecule is O=S(=O)(Cl)c1cc(C(F)F)nc(F)c1Br. The van der Waals surface area contributed by atoms with Crippen LogP contribution < -0.4 is 0 Å². The van der Waals surface area contributed by atoms with Gasteiger partial charge in [0.05, 0.1) is 4.47 Å². The molecule has 3 nitrogen and oxygen atoms in total. The van der Waals surface area contributed by atoms with Gasteiger partial charge in [-0.25, -0.2) is 22.2 Å². The van der Waals surface area contributed by atoms with Crippen LogP contribution in [-0.4, -0.2) is 13.4 Å². The Hall–Kier alpha value is -0.340. The maximum atomic E-state index is 12.9. The van der Waals surface area contributed by atoms with E-state index >= 15 is 0 Å². The van der Waals surface area contributed by atoms with Gasteiger partial charge in [-0.05, 0) is 22.0 Å². The highest BCUT2D eigenvalue weighted by Gasteiger charge is 2.23. The highest BCUT2D eigenvalue weighted by atomic mass is 79.9. The molecule has 84 valence electrons. The maximum Gasteiger partial charge on any atom is 0.280 e. The molecule has 0 spiro atoms. The molecule has 0 saturated heterocycles. The van der Waals surface area contributed by atoms with Gasteiger partial charge in [-0.3, -0.25) is 0 Å². The number of rotatable bonds is 2. The summed E-state index contributed by atoms with van der Waals surface area (Å²) in [5.41, 5.74) is -0.991. The number of hydrogen-bond acceptors (Lipinski definition) is 3. The van der Waals surface area contributed by atoms with Crippen LogP contribution in [0.3, 0.4) is 0 Å². The molecule has 1 heterocycles. The van der Waals surface area contributed by atoms with Gasteiger partial charge in [0.1, 0.15) is 10.6 Å². The second-order valence-corrected chi connectivity index (χ2v) is 5.72. The van der Waals surface area contributed by atoms with Gasteiger partial charge in [-0.2, -0.15) is 4.39 Å². The van der Waals surface area contributed by atoms with Crippen molar-refractivity contribution >= 4 is 35.7 Å². The molecule has 0 amide bonds. The average molecular weight is 325 g/mol. The molecule has 1 aromatic heterocycles. The van der Waals surface area contributed by atoms with Crippen molar-refractivity contribution in [3.63, 3.8) is 0 Å². The summed E-state index contributed by atoms with van der Waals surface area (Å²) in [6.07, 6.45) is -3.08. The van der Waals surface area contributed by atoms with Crippen molar-refractivity contribution in [3.8, 4) is 0 Å². The van der Waals surface area contributed by atoms with E-state index in [2.05, 4.69) is 20.9 Å². The fourth-order valence-corrected chi connectivity index (χ4v) is 2.83. The van der Waals surface area contributed by atoms with Crippen LogP contribution in [0.4, 0.5) is 13.2 Å². The van der Waals surface area contributed by atoms with Gasteiger partial charge in [-0.1, -0.05) is 0 Å². The van der Waals surface area contributed by atoms with Gasteiger partial charge in [0.2, 0.25) is 5.95 Å². The summed E-state index contributed by atoms with van der Waals surface area (Å²) < 4.78 is 58.4. The van der Waals surface area contributed by atoms with Gasteiger partial charge < -0.3 is 0 Å². The number of nitrogens with zero attached hydrogens (tertiary/aromatic N) is 1. The second-order valence-electron chi connectivity index (χ2n) is 2.39. The molecule has 9 heteroatoms. The molecule has 0 aliphatic carbocycles. The summed E-state index contributed by atoms with van der Waals surface area (Å²) in [7, 11) is 0.615. The first-order valence-electron chi connectivity index (χ1n) is 3.32. The Kier molecular flexibility index (Phi) is 3.62. The van der Waals surface area contributed by atoms with E-state index in [-0.39, 0.29) is 0 Å². The van der Waals surface area contributed by atoms with E-state index in [0.717, 1.165) is 0 Å². The van der Waals surface area contributed by atoms with Gasteiger partial charge in [0, 0.05) is 10.7 Å². The van der Waals surface area contributed by atoms with E-state index in [4.69, 9.17) is 10.7 Å². The van der Waals surface area contributed by atoms with E-state index in [0.29, 0.717) is 6.07 Å². The molecule has 1 aromatic rings. The lowest BCUT2D eigenvalue weighted by Crippen LogP contribution is -2.01. The minimum Gasteiger partial charge on any atom is -0.218 e. The van der Waals surface area contributed by atoms with Crippen molar-refractivity contribution in [2.75, 3.05) is 0 Å². The molecule has 0 bridgehead atoms. The highest BCUT2D eigenvalue weighted by molar-refractivity contribution is 9.10. The molecule has 0 N–H and O–H groups in total. The maximum absolute atomic E-state index is 12.9. The van der Waals surface area contributed by atoms with Gasteiger partial charge in [0.15, 0.2) is 0 Å². The lowest BCUT2D eigenvalue weighted by atomic mass is 10.3. The molecule has 0 saturated carbocycles. The molecule has 0 atom stereocenters. The number of alkyl halides is 2. The highest BCUT2D eigenvalue weighted by Crippen LogP contribution is 2.30. The third kappa shape index (κ3) is 2.82. The minimum atomic E-state index is -4.30. The number of halogens is 5. The second kappa shape index (κ2) is 4.26. The minimum absolute atomic E-state index is 0.514. The van der Waals surface area contributed by atoms with Crippen molar-refractivity contribution in [2.24, 2.45) is 0 Å². The smallest absolute Gasteiger partial charge is 0.218 e. The summed E-state index contributed by atoms with van der Waals surface area (Å²) in [5, 5.41) is 0. The number of hydrogen-bond donors (Lipinski definition) is 0. The average Bonchev–Trinajstić information content (AvgIpc) is 2.06. The summed E-state index contributed by atoms with van der Waals surface area (Å²) in [6, 6.07) is 0.514. The van der Waals surface area contributed by atoms with Gasteiger partial charge in [0.25, 0.3) is 15.5 Å². The fourth-order valence-electron chi connectivity index (χ4n) is 0.783. The lowest BCUT2D eigenvalue weighted by Gasteiger charge is -2.04. The lowest BCUT2D eigenvalue weighted by molar-refractivity contribution is 0.144. The summed E-state index contributed by atoms with van der Waals surface area (Å²) in [6.45, 7) is 0. The van der Waals surface area contributed by atoms with Crippen LogP contribution in [0.5, 0.6) is 0 Å². The summed E-state index contributed by atoms with van der Waals surface area (Å²) in [5.74, 6) is -1.35. The zero-order chi connectivity index (χ0) is 11.8. The topological polar surface area (TPSA) is 47.0 Å². The first-order valence-corrected chi connectivity index (χ1v) is 6.42. The third-order valence-electron chi connectivity index (χ3n) is 1.39. The normalized spacial score (nSPS) is 12.1. The summed E-state index contributed by atoms with van der Waals surface area (Å²) >= 11 is 2.55. The predicted octanol–water partition coefficient (Wildman–Crippen LogP) is 2.85. The molecular weight excluding hydrogens is 322 g/mol. The third-order valence-corrected chi connectivity index (χ3v) is 3.75. The van der Waals surface area contributed by atoms with Gasteiger partial charge >= 0.3 is 0 Å². The Morgan fingerprint density at radius 1 is 1.47 bits per heavy atom. The van der Waals surface area contributed by atoms with Crippen molar-refractivity contribution in [2.45, 2.75) is 11.3 Å². The standard InChI is InChI=1S/C6H2BrClF3NO2S/c7-4-3(15(8,13)14)1-2(5(9)10)12-6(4)11/h1,5H. The van der Waals surface area contributed by atoms with Crippen LogP contribution >= 0.6 is 26.6 Å². The Morgan fingerprint density at radius 2 is 2.00 bits per heavy atom. The van der Waals surface area contributed by atoms with Gasteiger partial charge in [-0.15, -0.1) is 0 Å². The van der Waals surface area contributed by atoms with E-state index in [1.54, 1.807) is 0 Å². The molecular formula is C6H2BrClF3NO2S. The van der Waals surface area contributed by atoms with E-state index in [9.17, 15) is 21.6 Å². The molecule has 0 aliphatic rings. The van der Waals surface area contributed by atoms with Crippen LogP contribution in [0.1, 0.15) is 12.1 Å². The predicted molar refractivity (Wildman–Crippen MR) is 49.9 cm³/mol. The Morgan fingerprint density at radius 3 is 2.40 bits per heavy atom. The molecule has 0 unspecified atom stereocenters. The zero-order valence-corrected chi connectivity index (χ0v) is 9.87. The largest absolute Gasteiger partial charge is 0.280 e. The van der Waals surface area contributed by atoms with Crippen LogP contribution in [0.2, 0.25) is 0 Å². The number of pyridine rings is 1. The van der Waals surface area contributed by atoms with E-state index in [1.807, 2.05) is 0 Å². The van der Waals surface area contributed by atoms with E-state index in [1.165, 1.54) is 0 Å². The monoisotopic (exact) mass is 323 g/mol. The fraction of sp³-hybridized carbons (Fsp3) is 0.167. The summed E-state index contributed by atoms with van der Waals surface area (Å²) in [4.78, 5) is 2.09. The number of aromatic nitrogens is 1. The zero-order valence-electron chi connectivity index (χ0n) is 6.72. The Balaban J connectivity index is 3.52. The molecule has 0 aliphatic heterocycles. The Bertz CT molecular complexity index is 493. The quantitative estimate of drug-likeness (QED) is 0.621. The first-order chi connectivity index (χ1) is 6.73. The molecule has 15 heavy (non-hydrogen) atoms. The van der Waals surface area contributed by atoms with E-state index < -0.39 is 36.5 Å². The molecule has 1 rings (SSSR count). The van der Waals surface area contributed by atoms with Crippen LogP contribution in [0.25, 0.3) is 0 Å². The van der Waals surface area contributed by atoms with Crippen LogP contribution in [0, 0.1) is 5.95 Å². The first kappa shape index (κ1) is 12.7. The molecule has 0 radical (unpaired) electrons.